The number of nitrogens with zero attached hydrogens (tertiary/aromatic N) is 1. The monoisotopic (exact) mass is 375 g/mol. The van der Waals surface area contributed by atoms with Gasteiger partial charge < -0.3 is 10.5 Å². The Labute approximate surface area is 150 Å². The van der Waals surface area contributed by atoms with E-state index in [0.29, 0.717) is 28.9 Å². The van der Waals surface area contributed by atoms with E-state index in [2.05, 4.69) is 9.71 Å². The zero-order valence-electron chi connectivity index (χ0n) is 13.5. The number of benzene rings is 2. The van der Waals surface area contributed by atoms with E-state index in [1.54, 1.807) is 29.6 Å². The van der Waals surface area contributed by atoms with E-state index >= 15 is 0 Å². The van der Waals surface area contributed by atoms with Gasteiger partial charge in [0, 0.05) is 16.6 Å². The third-order valence-corrected chi connectivity index (χ3v) is 5.62. The minimum Gasteiger partial charge on any atom is -0.494 e. The fraction of sp³-hybridized carbons (Fsp3) is 0.118. The lowest BCUT2D eigenvalue weighted by atomic mass is 10.2. The molecule has 6 nitrogen and oxygen atoms in total. The summed E-state index contributed by atoms with van der Waals surface area (Å²) in [5.41, 5.74) is 7.89. The Hall–Kier alpha value is -2.58. The first-order valence-electron chi connectivity index (χ1n) is 7.55. The number of nitrogens with one attached hydrogen (secondary N) is 1. The molecule has 0 unspecified atom stereocenters. The molecule has 0 fully saturated rings. The zero-order valence-corrected chi connectivity index (χ0v) is 15.1. The zero-order chi connectivity index (χ0) is 17.9. The van der Waals surface area contributed by atoms with E-state index in [1.165, 1.54) is 23.5 Å². The van der Waals surface area contributed by atoms with Crippen LogP contribution in [0.1, 0.15) is 6.92 Å². The average Bonchev–Trinajstić information content (AvgIpc) is 3.04. The summed E-state index contributed by atoms with van der Waals surface area (Å²) in [4.78, 5) is 4.48. The molecule has 3 aromatic rings. The molecular formula is C17H17N3O3S2. The highest BCUT2D eigenvalue weighted by molar-refractivity contribution is 7.93. The maximum absolute atomic E-state index is 12.5. The van der Waals surface area contributed by atoms with Gasteiger partial charge in [0.1, 0.15) is 5.75 Å². The minimum atomic E-state index is -3.70. The SMILES string of the molecule is CCOc1ccc(S(=O)(=O)Nc2nc(-c3ccc(N)cc3)cs2)cc1. The molecule has 0 atom stereocenters. The van der Waals surface area contributed by atoms with Gasteiger partial charge in [0.15, 0.2) is 5.13 Å². The number of thiazole rings is 1. The molecule has 130 valence electrons. The maximum Gasteiger partial charge on any atom is 0.263 e. The molecule has 0 aliphatic carbocycles. The average molecular weight is 375 g/mol. The van der Waals surface area contributed by atoms with Crippen LogP contribution < -0.4 is 15.2 Å². The first-order chi connectivity index (χ1) is 12.0. The van der Waals surface area contributed by atoms with Crippen LogP contribution in [0.25, 0.3) is 11.3 Å². The lowest BCUT2D eigenvalue weighted by Crippen LogP contribution is -2.12. The third kappa shape index (κ3) is 4.09. The Morgan fingerprint density at radius 3 is 2.44 bits per heavy atom. The summed E-state index contributed by atoms with van der Waals surface area (Å²) >= 11 is 1.22. The number of nitrogen functional groups attached to an aromatic ring is 1. The van der Waals surface area contributed by atoms with Gasteiger partial charge in [-0.05, 0) is 43.3 Å². The highest BCUT2D eigenvalue weighted by Gasteiger charge is 2.16. The second kappa shape index (κ2) is 7.12. The highest BCUT2D eigenvalue weighted by Crippen LogP contribution is 2.27. The minimum absolute atomic E-state index is 0.153. The van der Waals surface area contributed by atoms with Gasteiger partial charge in [0.25, 0.3) is 10.0 Å². The quantitative estimate of drug-likeness (QED) is 0.642. The molecule has 0 bridgehead atoms. The van der Waals surface area contributed by atoms with Crippen molar-refractivity contribution >= 4 is 32.2 Å². The number of sulfonamides is 1. The van der Waals surface area contributed by atoms with Crippen molar-refractivity contribution in [3.05, 3.63) is 53.9 Å². The van der Waals surface area contributed by atoms with Crippen LogP contribution in [0.15, 0.2) is 58.8 Å². The molecule has 1 aromatic heterocycles. The van der Waals surface area contributed by atoms with Gasteiger partial charge in [-0.3, -0.25) is 4.72 Å². The largest absolute Gasteiger partial charge is 0.494 e. The number of hydrogen-bond acceptors (Lipinski definition) is 6. The first-order valence-corrected chi connectivity index (χ1v) is 9.91. The van der Waals surface area contributed by atoms with Crippen molar-refractivity contribution in [3.63, 3.8) is 0 Å². The fourth-order valence-corrected chi connectivity index (χ4v) is 4.14. The van der Waals surface area contributed by atoms with Gasteiger partial charge in [-0.2, -0.15) is 0 Å². The van der Waals surface area contributed by atoms with Crippen molar-refractivity contribution in [2.24, 2.45) is 0 Å². The van der Waals surface area contributed by atoms with E-state index < -0.39 is 10.0 Å². The third-order valence-electron chi connectivity index (χ3n) is 3.38. The summed E-state index contributed by atoms with van der Waals surface area (Å²) in [6.07, 6.45) is 0. The number of nitrogens with two attached hydrogens (primary N) is 1. The van der Waals surface area contributed by atoms with Gasteiger partial charge in [0.2, 0.25) is 0 Å². The molecule has 0 aliphatic heterocycles. The van der Waals surface area contributed by atoms with Crippen molar-refractivity contribution in [2.45, 2.75) is 11.8 Å². The Kier molecular flexibility index (Phi) is 4.91. The maximum atomic E-state index is 12.5. The van der Waals surface area contributed by atoms with Gasteiger partial charge in [-0.25, -0.2) is 13.4 Å². The summed E-state index contributed by atoms with van der Waals surface area (Å²) in [5, 5.41) is 2.10. The molecule has 0 spiro atoms. The number of hydrogen-bond donors (Lipinski definition) is 2. The van der Waals surface area contributed by atoms with E-state index in [-0.39, 0.29) is 4.90 Å². The molecule has 8 heteroatoms. The van der Waals surface area contributed by atoms with E-state index in [0.717, 1.165) is 5.56 Å². The molecule has 3 rings (SSSR count). The molecule has 0 saturated heterocycles. The molecule has 25 heavy (non-hydrogen) atoms. The van der Waals surface area contributed by atoms with Crippen LogP contribution in [-0.4, -0.2) is 20.0 Å². The van der Waals surface area contributed by atoms with E-state index in [9.17, 15) is 8.42 Å². The summed E-state index contributed by atoms with van der Waals surface area (Å²) in [5.74, 6) is 0.626. The summed E-state index contributed by atoms with van der Waals surface area (Å²) in [6, 6.07) is 13.5. The predicted molar refractivity (Wildman–Crippen MR) is 100 cm³/mol. The Balaban J connectivity index is 1.78. The number of aromatic nitrogens is 1. The van der Waals surface area contributed by atoms with Gasteiger partial charge in [-0.15, -0.1) is 11.3 Å². The number of ether oxygens (including phenoxy) is 1. The van der Waals surface area contributed by atoms with Crippen molar-refractivity contribution in [1.82, 2.24) is 4.98 Å². The molecule has 0 aliphatic rings. The van der Waals surface area contributed by atoms with Crippen LogP contribution >= 0.6 is 11.3 Å². The number of anilines is 2. The molecule has 2 aromatic carbocycles. The molecular weight excluding hydrogens is 358 g/mol. The second-order valence-electron chi connectivity index (χ2n) is 5.17. The van der Waals surface area contributed by atoms with Crippen LogP contribution in [0.5, 0.6) is 5.75 Å². The van der Waals surface area contributed by atoms with Crippen molar-refractivity contribution < 1.29 is 13.2 Å². The van der Waals surface area contributed by atoms with Crippen LogP contribution in [0.2, 0.25) is 0 Å². The summed E-state index contributed by atoms with van der Waals surface area (Å²) in [7, 11) is -3.70. The van der Waals surface area contributed by atoms with Crippen molar-refractivity contribution in [1.29, 1.82) is 0 Å². The molecule has 1 heterocycles. The standard InChI is InChI=1S/C17H17N3O3S2/c1-2-23-14-7-9-15(10-8-14)25(21,22)20-17-19-16(11-24-17)12-3-5-13(18)6-4-12/h3-11H,2,18H2,1H3,(H,19,20). The Morgan fingerprint density at radius 2 is 1.80 bits per heavy atom. The summed E-state index contributed by atoms with van der Waals surface area (Å²) < 4.78 is 32.7. The van der Waals surface area contributed by atoms with Crippen LogP contribution in [-0.2, 0) is 10.0 Å². The molecule has 0 amide bonds. The second-order valence-corrected chi connectivity index (χ2v) is 7.71. The van der Waals surface area contributed by atoms with Gasteiger partial charge >= 0.3 is 0 Å². The summed E-state index contributed by atoms with van der Waals surface area (Å²) in [6.45, 7) is 2.39. The van der Waals surface area contributed by atoms with Gasteiger partial charge in [0.05, 0.1) is 17.2 Å². The molecule has 3 N–H and O–H groups in total. The Morgan fingerprint density at radius 1 is 1.12 bits per heavy atom. The van der Waals surface area contributed by atoms with Crippen LogP contribution in [0.3, 0.4) is 0 Å². The molecule has 0 radical (unpaired) electrons. The van der Waals surface area contributed by atoms with Crippen LogP contribution in [0, 0.1) is 0 Å². The Bertz CT molecular complexity index is 950. The predicted octanol–water partition coefficient (Wildman–Crippen LogP) is 3.59. The van der Waals surface area contributed by atoms with Crippen molar-refractivity contribution in [3.8, 4) is 17.0 Å². The lowest BCUT2D eigenvalue weighted by Gasteiger charge is -2.07. The number of rotatable bonds is 6. The molecule has 0 saturated carbocycles. The smallest absolute Gasteiger partial charge is 0.263 e. The van der Waals surface area contributed by atoms with Crippen molar-refractivity contribution in [2.75, 3.05) is 17.1 Å². The van der Waals surface area contributed by atoms with Gasteiger partial charge in [-0.1, -0.05) is 12.1 Å². The lowest BCUT2D eigenvalue weighted by molar-refractivity contribution is 0.340. The van der Waals surface area contributed by atoms with E-state index in [1.807, 2.05) is 19.1 Å². The first kappa shape index (κ1) is 17.2. The topological polar surface area (TPSA) is 94.3 Å². The van der Waals surface area contributed by atoms with E-state index in [4.69, 9.17) is 10.5 Å². The van der Waals surface area contributed by atoms with Crippen LogP contribution in [0.4, 0.5) is 10.8 Å². The normalized spacial score (nSPS) is 11.2. The highest BCUT2D eigenvalue weighted by atomic mass is 32.2. The fourth-order valence-electron chi connectivity index (χ4n) is 2.16.